The zero-order chi connectivity index (χ0) is 13.2. The van der Waals surface area contributed by atoms with Crippen LogP contribution in [0.15, 0.2) is 18.5 Å². The maximum atomic E-state index is 12.1. The second-order valence-electron chi connectivity index (χ2n) is 5.87. The van der Waals surface area contributed by atoms with E-state index < -0.39 is 0 Å². The van der Waals surface area contributed by atoms with Crippen molar-refractivity contribution in [1.29, 1.82) is 0 Å². The Kier molecular flexibility index (Phi) is 3.55. The number of anilines is 1. The molecule has 4 heteroatoms. The fourth-order valence-electron chi connectivity index (χ4n) is 2.42. The van der Waals surface area contributed by atoms with E-state index in [-0.39, 0.29) is 11.9 Å². The Bertz CT molecular complexity index is 432. The smallest absolute Gasteiger partial charge is 0.253 e. The second kappa shape index (κ2) is 4.96. The van der Waals surface area contributed by atoms with Crippen molar-refractivity contribution < 1.29 is 4.79 Å². The fraction of sp³-hybridized carbons (Fsp3) is 0.571. The summed E-state index contributed by atoms with van der Waals surface area (Å²) < 4.78 is 0. The average molecular weight is 247 g/mol. The highest BCUT2D eigenvalue weighted by atomic mass is 16.1. The number of amides is 1. The number of carbonyl (C=O) groups excluding carboxylic acids is 1. The Morgan fingerprint density at radius 3 is 2.72 bits per heavy atom. The van der Waals surface area contributed by atoms with Gasteiger partial charge in [-0.15, -0.1) is 0 Å². The molecule has 1 aliphatic carbocycles. The van der Waals surface area contributed by atoms with E-state index in [1.165, 1.54) is 6.20 Å². The number of carbonyl (C=O) groups is 1. The number of pyridine rings is 1. The highest BCUT2D eigenvalue weighted by Crippen LogP contribution is 2.35. The zero-order valence-electron chi connectivity index (χ0n) is 11.1. The van der Waals surface area contributed by atoms with Crippen LogP contribution >= 0.6 is 0 Å². The molecule has 0 saturated heterocycles. The normalized spacial score (nSPS) is 19.4. The summed E-state index contributed by atoms with van der Waals surface area (Å²) >= 11 is 0. The van der Waals surface area contributed by atoms with E-state index in [4.69, 9.17) is 5.73 Å². The molecule has 3 N–H and O–H groups in total. The van der Waals surface area contributed by atoms with Gasteiger partial charge in [-0.3, -0.25) is 9.78 Å². The first-order chi connectivity index (χ1) is 8.48. The lowest BCUT2D eigenvalue weighted by molar-refractivity contribution is 0.0910. The van der Waals surface area contributed by atoms with E-state index >= 15 is 0 Å². The molecule has 0 aliphatic heterocycles. The van der Waals surface area contributed by atoms with Crippen LogP contribution in [0, 0.1) is 5.41 Å². The Morgan fingerprint density at radius 1 is 1.44 bits per heavy atom. The van der Waals surface area contributed by atoms with Crippen LogP contribution in [-0.2, 0) is 0 Å². The summed E-state index contributed by atoms with van der Waals surface area (Å²) in [4.78, 5) is 16.0. The van der Waals surface area contributed by atoms with Crippen LogP contribution in [0.3, 0.4) is 0 Å². The molecule has 1 aromatic rings. The molecule has 1 amide bonds. The zero-order valence-corrected chi connectivity index (χ0v) is 11.1. The number of hydrogen-bond donors (Lipinski definition) is 2. The number of nitrogens with two attached hydrogens (primary N) is 1. The minimum Gasteiger partial charge on any atom is -0.397 e. The van der Waals surface area contributed by atoms with Gasteiger partial charge in [-0.1, -0.05) is 13.8 Å². The minimum atomic E-state index is -0.0837. The first-order valence-electron chi connectivity index (χ1n) is 6.48. The summed E-state index contributed by atoms with van der Waals surface area (Å²) in [7, 11) is 0. The summed E-state index contributed by atoms with van der Waals surface area (Å²) in [5.41, 5.74) is 7.12. The SMILES string of the molecule is CC1(C)CCC(NC(=O)c2ccncc2N)CC1. The molecule has 1 fully saturated rings. The van der Waals surface area contributed by atoms with Crippen molar-refractivity contribution in [3.63, 3.8) is 0 Å². The van der Waals surface area contributed by atoms with E-state index in [1.54, 1.807) is 12.3 Å². The molecule has 1 aliphatic rings. The molecule has 4 nitrogen and oxygen atoms in total. The fourth-order valence-corrected chi connectivity index (χ4v) is 2.42. The third-order valence-electron chi connectivity index (χ3n) is 3.77. The van der Waals surface area contributed by atoms with Gasteiger partial charge < -0.3 is 11.1 Å². The van der Waals surface area contributed by atoms with Gasteiger partial charge in [0.15, 0.2) is 0 Å². The van der Waals surface area contributed by atoms with Crippen LogP contribution < -0.4 is 11.1 Å². The van der Waals surface area contributed by atoms with Gasteiger partial charge in [-0.2, -0.15) is 0 Å². The maximum Gasteiger partial charge on any atom is 0.253 e. The van der Waals surface area contributed by atoms with Crippen molar-refractivity contribution in [1.82, 2.24) is 10.3 Å². The van der Waals surface area contributed by atoms with Gasteiger partial charge in [-0.25, -0.2) is 0 Å². The molecule has 18 heavy (non-hydrogen) atoms. The van der Waals surface area contributed by atoms with E-state index in [0.717, 1.165) is 25.7 Å². The third-order valence-corrected chi connectivity index (χ3v) is 3.77. The van der Waals surface area contributed by atoms with Crippen LogP contribution in [0.25, 0.3) is 0 Å². The number of aromatic nitrogens is 1. The predicted molar refractivity (Wildman–Crippen MR) is 72.2 cm³/mol. The molecule has 1 aromatic heterocycles. The summed E-state index contributed by atoms with van der Waals surface area (Å²) in [5.74, 6) is -0.0837. The highest BCUT2D eigenvalue weighted by Gasteiger charge is 2.27. The van der Waals surface area contributed by atoms with E-state index in [9.17, 15) is 4.79 Å². The molecule has 0 atom stereocenters. The van der Waals surface area contributed by atoms with E-state index in [0.29, 0.717) is 16.7 Å². The van der Waals surface area contributed by atoms with Gasteiger partial charge in [0.1, 0.15) is 0 Å². The maximum absolute atomic E-state index is 12.1. The second-order valence-corrected chi connectivity index (χ2v) is 5.87. The van der Waals surface area contributed by atoms with Crippen LogP contribution in [0.1, 0.15) is 49.9 Å². The first kappa shape index (κ1) is 12.9. The lowest BCUT2D eigenvalue weighted by Gasteiger charge is -2.34. The van der Waals surface area contributed by atoms with Crippen molar-refractivity contribution in [2.45, 2.75) is 45.6 Å². The molecular weight excluding hydrogens is 226 g/mol. The number of rotatable bonds is 2. The summed E-state index contributed by atoms with van der Waals surface area (Å²) in [5, 5.41) is 3.07. The summed E-state index contributed by atoms with van der Waals surface area (Å²) in [6.45, 7) is 4.57. The molecule has 1 heterocycles. The monoisotopic (exact) mass is 247 g/mol. The van der Waals surface area contributed by atoms with Crippen molar-refractivity contribution in [3.8, 4) is 0 Å². The highest BCUT2D eigenvalue weighted by molar-refractivity contribution is 5.98. The Morgan fingerprint density at radius 2 is 2.11 bits per heavy atom. The van der Waals surface area contributed by atoms with Gasteiger partial charge in [0, 0.05) is 12.2 Å². The van der Waals surface area contributed by atoms with Gasteiger partial charge in [0.05, 0.1) is 17.4 Å². The Labute approximate surface area is 108 Å². The van der Waals surface area contributed by atoms with Crippen molar-refractivity contribution >= 4 is 11.6 Å². The minimum absolute atomic E-state index is 0.0837. The molecule has 98 valence electrons. The lowest BCUT2D eigenvalue weighted by atomic mass is 9.75. The van der Waals surface area contributed by atoms with Gasteiger partial charge in [-0.05, 0) is 37.2 Å². The van der Waals surface area contributed by atoms with Crippen LogP contribution in [0.4, 0.5) is 5.69 Å². The van der Waals surface area contributed by atoms with E-state index in [2.05, 4.69) is 24.1 Å². The number of nitrogens with one attached hydrogen (secondary N) is 1. The molecule has 0 spiro atoms. The van der Waals surface area contributed by atoms with Crippen LogP contribution in [0.5, 0.6) is 0 Å². The molecular formula is C14H21N3O. The molecule has 0 radical (unpaired) electrons. The van der Waals surface area contributed by atoms with Crippen molar-refractivity contribution in [3.05, 3.63) is 24.0 Å². The predicted octanol–water partition coefficient (Wildman–Crippen LogP) is 2.36. The third kappa shape index (κ3) is 3.00. The number of hydrogen-bond acceptors (Lipinski definition) is 3. The first-order valence-corrected chi connectivity index (χ1v) is 6.48. The van der Waals surface area contributed by atoms with E-state index in [1.807, 2.05) is 0 Å². The molecule has 2 rings (SSSR count). The van der Waals surface area contributed by atoms with Gasteiger partial charge in [0.2, 0.25) is 0 Å². The number of nitrogen functional groups attached to an aromatic ring is 1. The Hall–Kier alpha value is -1.58. The summed E-state index contributed by atoms with van der Waals surface area (Å²) in [6.07, 6.45) is 7.51. The van der Waals surface area contributed by atoms with Crippen molar-refractivity contribution in [2.75, 3.05) is 5.73 Å². The molecule has 0 bridgehead atoms. The van der Waals surface area contributed by atoms with Crippen molar-refractivity contribution in [2.24, 2.45) is 5.41 Å². The average Bonchev–Trinajstić information content (AvgIpc) is 2.32. The topological polar surface area (TPSA) is 68.0 Å². The Balaban J connectivity index is 1.95. The summed E-state index contributed by atoms with van der Waals surface area (Å²) in [6, 6.07) is 1.94. The molecule has 0 unspecified atom stereocenters. The molecule has 0 aromatic carbocycles. The lowest BCUT2D eigenvalue weighted by Crippen LogP contribution is -2.39. The van der Waals surface area contributed by atoms with Crippen LogP contribution in [-0.4, -0.2) is 16.9 Å². The largest absolute Gasteiger partial charge is 0.397 e. The standard InChI is InChI=1S/C14H21N3O/c1-14(2)6-3-10(4-7-14)17-13(18)11-5-8-16-9-12(11)15/h5,8-10H,3-4,6-7,15H2,1-2H3,(H,17,18). The van der Waals surface area contributed by atoms with Crippen LogP contribution in [0.2, 0.25) is 0 Å². The quantitative estimate of drug-likeness (QED) is 0.843. The number of nitrogens with zero attached hydrogens (tertiary/aromatic N) is 1. The van der Waals surface area contributed by atoms with Gasteiger partial charge >= 0.3 is 0 Å². The molecule has 1 saturated carbocycles. The van der Waals surface area contributed by atoms with Gasteiger partial charge in [0.25, 0.3) is 5.91 Å².